The van der Waals surface area contributed by atoms with Gasteiger partial charge in [-0.2, -0.15) is 0 Å². The molecule has 1 rings (SSSR count). The first kappa shape index (κ1) is 16.7. The maximum atomic E-state index is 13.2. The fourth-order valence-corrected chi connectivity index (χ4v) is 1.76. The molecule has 0 spiro atoms. The standard InChI is InChI=1S/C13H18ClFN2O3/c1-9(2)20-6-4-3-5-16-12-7-10(14)11(15)8-13(12)17(18)19/h7-9,16H,3-6H2,1-2H3. The van der Waals surface area contributed by atoms with Crippen molar-refractivity contribution in [3.8, 4) is 0 Å². The Morgan fingerprint density at radius 1 is 1.45 bits per heavy atom. The average Bonchev–Trinajstić information content (AvgIpc) is 2.36. The molecule has 0 radical (unpaired) electrons. The van der Waals surface area contributed by atoms with E-state index >= 15 is 0 Å². The van der Waals surface area contributed by atoms with Gasteiger partial charge in [-0.25, -0.2) is 4.39 Å². The quantitative estimate of drug-likeness (QED) is 0.448. The third kappa shape index (κ3) is 5.30. The number of ether oxygens (including phenoxy) is 1. The van der Waals surface area contributed by atoms with Gasteiger partial charge in [0.05, 0.1) is 22.1 Å². The third-order valence-electron chi connectivity index (χ3n) is 2.57. The molecule has 1 aromatic rings. The van der Waals surface area contributed by atoms with E-state index in [2.05, 4.69) is 5.32 Å². The summed E-state index contributed by atoms with van der Waals surface area (Å²) in [6, 6.07) is 2.06. The van der Waals surface area contributed by atoms with E-state index in [1.54, 1.807) is 0 Å². The maximum absolute atomic E-state index is 13.2. The molecule has 1 N–H and O–H groups in total. The van der Waals surface area contributed by atoms with Crippen molar-refractivity contribution in [3.63, 3.8) is 0 Å². The summed E-state index contributed by atoms with van der Waals surface area (Å²) in [4.78, 5) is 10.2. The minimum atomic E-state index is -0.797. The smallest absolute Gasteiger partial charge is 0.295 e. The average molecular weight is 305 g/mol. The zero-order valence-electron chi connectivity index (χ0n) is 11.5. The minimum Gasteiger partial charge on any atom is -0.379 e. The molecule has 0 bridgehead atoms. The van der Waals surface area contributed by atoms with E-state index in [9.17, 15) is 14.5 Å². The summed E-state index contributed by atoms with van der Waals surface area (Å²) in [6.45, 7) is 5.10. The second-order valence-electron chi connectivity index (χ2n) is 4.59. The van der Waals surface area contributed by atoms with Crippen LogP contribution in [0.1, 0.15) is 26.7 Å². The normalized spacial score (nSPS) is 10.8. The molecule has 0 unspecified atom stereocenters. The molecule has 0 saturated carbocycles. The predicted octanol–water partition coefficient (Wildman–Crippen LogP) is 4.00. The Labute approximate surface area is 122 Å². The molecule has 0 aromatic heterocycles. The Bertz CT molecular complexity index is 469. The van der Waals surface area contributed by atoms with Crippen molar-refractivity contribution in [1.29, 1.82) is 0 Å². The highest BCUT2D eigenvalue weighted by Gasteiger charge is 2.17. The number of anilines is 1. The Morgan fingerprint density at radius 2 is 2.15 bits per heavy atom. The van der Waals surface area contributed by atoms with E-state index in [-0.39, 0.29) is 22.5 Å². The van der Waals surface area contributed by atoms with Crippen molar-refractivity contribution in [2.75, 3.05) is 18.5 Å². The zero-order valence-corrected chi connectivity index (χ0v) is 12.2. The molecule has 0 aliphatic heterocycles. The maximum Gasteiger partial charge on any atom is 0.295 e. The van der Waals surface area contributed by atoms with E-state index in [0.717, 1.165) is 18.9 Å². The summed E-state index contributed by atoms with van der Waals surface area (Å²) in [5, 5.41) is 13.6. The van der Waals surface area contributed by atoms with Gasteiger partial charge in [0.2, 0.25) is 0 Å². The van der Waals surface area contributed by atoms with Gasteiger partial charge in [-0.15, -0.1) is 0 Å². The molecule has 0 atom stereocenters. The Kier molecular flexibility index (Phi) is 6.67. The van der Waals surface area contributed by atoms with E-state index in [0.29, 0.717) is 13.2 Å². The predicted molar refractivity (Wildman–Crippen MR) is 76.9 cm³/mol. The van der Waals surface area contributed by atoms with Gasteiger partial charge in [-0.1, -0.05) is 11.6 Å². The van der Waals surface area contributed by atoms with Crippen LogP contribution in [0.5, 0.6) is 0 Å². The highest BCUT2D eigenvalue weighted by atomic mass is 35.5. The van der Waals surface area contributed by atoms with Crippen LogP contribution in [-0.4, -0.2) is 24.2 Å². The van der Waals surface area contributed by atoms with Crippen LogP contribution >= 0.6 is 11.6 Å². The van der Waals surface area contributed by atoms with Crippen LogP contribution in [0.2, 0.25) is 5.02 Å². The van der Waals surface area contributed by atoms with Gasteiger partial charge in [0.1, 0.15) is 11.5 Å². The number of hydrogen-bond donors (Lipinski definition) is 1. The largest absolute Gasteiger partial charge is 0.379 e. The minimum absolute atomic E-state index is 0.138. The molecular weight excluding hydrogens is 287 g/mol. The van der Waals surface area contributed by atoms with Gasteiger partial charge in [-0.05, 0) is 32.8 Å². The number of nitro benzene ring substituents is 1. The summed E-state index contributed by atoms with van der Waals surface area (Å²) < 4.78 is 18.6. The van der Waals surface area contributed by atoms with Gasteiger partial charge in [-0.3, -0.25) is 10.1 Å². The van der Waals surface area contributed by atoms with Crippen molar-refractivity contribution >= 4 is 23.0 Å². The summed E-state index contributed by atoms with van der Waals surface area (Å²) in [6.07, 6.45) is 1.83. The number of hydrogen-bond acceptors (Lipinski definition) is 4. The first-order chi connectivity index (χ1) is 9.41. The topological polar surface area (TPSA) is 64.4 Å². The highest BCUT2D eigenvalue weighted by molar-refractivity contribution is 6.31. The zero-order chi connectivity index (χ0) is 15.1. The van der Waals surface area contributed by atoms with Crippen LogP contribution in [0.4, 0.5) is 15.8 Å². The Balaban J connectivity index is 2.51. The molecule has 0 fully saturated rings. The highest BCUT2D eigenvalue weighted by Crippen LogP contribution is 2.30. The lowest BCUT2D eigenvalue weighted by Gasteiger charge is -2.09. The summed E-state index contributed by atoms with van der Waals surface area (Å²) >= 11 is 5.63. The number of nitro groups is 1. The van der Waals surface area contributed by atoms with Gasteiger partial charge < -0.3 is 10.1 Å². The number of nitrogens with one attached hydrogen (secondary N) is 1. The first-order valence-electron chi connectivity index (χ1n) is 6.40. The van der Waals surface area contributed by atoms with Crippen molar-refractivity contribution in [3.05, 3.63) is 33.1 Å². The van der Waals surface area contributed by atoms with E-state index in [1.165, 1.54) is 6.07 Å². The van der Waals surface area contributed by atoms with Crippen LogP contribution in [0.25, 0.3) is 0 Å². The monoisotopic (exact) mass is 304 g/mol. The number of benzene rings is 1. The number of rotatable bonds is 8. The van der Waals surface area contributed by atoms with Crippen LogP contribution in [0.15, 0.2) is 12.1 Å². The van der Waals surface area contributed by atoms with Gasteiger partial charge in [0, 0.05) is 13.2 Å². The first-order valence-corrected chi connectivity index (χ1v) is 6.78. The second-order valence-corrected chi connectivity index (χ2v) is 5.00. The Hall–Kier alpha value is -1.40. The second kappa shape index (κ2) is 8.01. The van der Waals surface area contributed by atoms with Crippen molar-refractivity contribution in [1.82, 2.24) is 0 Å². The summed E-state index contributed by atoms with van der Waals surface area (Å²) in [7, 11) is 0. The lowest BCUT2D eigenvalue weighted by atomic mass is 10.2. The molecule has 112 valence electrons. The molecule has 0 aliphatic carbocycles. The molecule has 1 aromatic carbocycles. The van der Waals surface area contributed by atoms with E-state index in [4.69, 9.17) is 16.3 Å². The number of nitrogens with zero attached hydrogens (tertiary/aromatic N) is 1. The van der Waals surface area contributed by atoms with Crippen LogP contribution in [0, 0.1) is 15.9 Å². The molecule has 0 aliphatic rings. The lowest BCUT2D eigenvalue weighted by Crippen LogP contribution is -2.08. The van der Waals surface area contributed by atoms with Crippen LogP contribution < -0.4 is 5.32 Å². The van der Waals surface area contributed by atoms with Crippen molar-refractivity contribution < 1.29 is 14.1 Å². The third-order valence-corrected chi connectivity index (χ3v) is 2.86. The molecule has 0 amide bonds. The lowest BCUT2D eigenvalue weighted by molar-refractivity contribution is -0.384. The molecule has 5 nitrogen and oxygen atoms in total. The van der Waals surface area contributed by atoms with E-state index in [1.807, 2.05) is 13.8 Å². The summed E-state index contributed by atoms with van der Waals surface area (Å²) in [5.74, 6) is -0.797. The van der Waals surface area contributed by atoms with Crippen molar-refractivity contribution in [2.24, 2.45) is 0 Å². The molecule has 20 heavy (non-hydrogen) atoms. The summed E-state index contributed by atoms with van der Waals surface area (Å²) in [5.41, 5.74) is -0.0866. The Morgan fingerprint density at radius 3 is 2.75 bits per heavy atom. The molecule has 7 heteroatoms. The van der Waals surface area contributed by atoms with Crippen molar-refractivity contribution in [2.45, 2.75) is 32.8 Å². The fourth-order valence-electron chi connectivity index (χ4n) is 1.60. The number of halogens is 2. The van der Waals surface area contributed by atoms with E-state index < -0.39 is 10.7 Å². The van der Waals surface area contributed by atoms with Gasteiger partial charge in [0.25, 0.3) is 5.69 Å². The molecule has 0 heterocycles. The fraction of sp³-hybridized carbons (Fsp3) is 0.538. The van der Waals surface area contributed by atoms with Gasteiger partial charge >= 0.3 is 0 Å². The van der Waals surface area contributed by atoms with Crippen LogP contribution in [-0.2, 0) is 4.74 Å². The molecule has 0 saturated heterocycles. The van der Waals surface area contributed by atoms with Gasteiger partial charge in [0.15, 0.2) is 0 Å². The molecular formula is C13H18ClFN2O3. The SMILES string of the molecule is CC(C)OCCCCNc1cc(Cl)c(F)cc1[N+](=O)[O-]. The van der Waals surface area contributed by atoms with Crippen LogP contribution in [0.3, 0.4) is 0 Å². The number of unbranched alkanes of at least 4 members (excludes halogenated alkanes) is 1.